The Hall–Kier alpha value is -2.48. The Balaban J connectivity index is 1.74. The first-order chi connectivity index (χ1) is 11.9. The highest BCUT2D eigenvalue weighted by Gasteiger charge is 2.40. The van der Waals surface area contributed by atoms with Crippen LogP contribution in [0.3, 0.4) is 0 Å². The summed E-state index contributed by atoms with van der Waals surface area (Å²) in [6.07, 6.45) is 3.95. The SMILES string of the molecule is CC(C)n1ncc2cc(C(=O)NCC3(C(=O)O)CCOCC3)cnc21. The van der Waals surface area contributed by atoms with Crippen LogP contribution < -0.4 is 5.32 Å². The van der Waals surface area contributed by atoms with Crippen molar-refractivity contribution in [3.8, 4) is 0 Å². The van der Waals surface area contributed by atoms with Gasteiger partial charge in [-0.1, -0.05) is 0 Å². The Morgan fingerprint density at radius 3 is 2.72 bits per heavy atom. The van der Waals surface area contributed by atoms with E-state index in [1.807, 2.05) is 13.8 Å². The van der Waals surface area contributed by atoms with Gasteiger partial charge in [-0.05, 0) is 32.8 Å². The molecule has 2 N–H and O–H groups in total. The van der Waals surface area contributed by atoms with Crippen molar-refractivity contribution in [1.29, 1.82) is 0 Å². The van der Waals surface area contributed by atoms with E-state index in [2.05, 4.69) is 15.4 Å². The normalized spacial score (nSPS) is 16.9. The lowest BCUT2D eigenvalue weighted by molar-refractivity contribution is -0.154. The number of carbonyl (C=O) groups excluding carboxylic acids is 1. The zero-order valence-corrected chi connectivity index (χ0v) is 14.4. The van der Waals surface area contributed by atoms with Crippen LogP contribution in [0.4, 0.5) is 0 Å². The maximum atomic E-state index is 12.4. The predicted molar refractivity (Wildman–Crippen MR) is 90.4 cm³/mol. The lowest BCUT2D eigenvalue weighted by atomic mass is 9.80. The minimum atomic E-state index is -0.964. The van der Waals surface area contributed by atoms with Crippen molar-refractivity contribution in [2.45, 2.75) is 32.7 Å². The van der Waals surface area contributed by atoms with E-state index in [1.165, 1.54) is 6.20 Å². The third kappa shape index (κ3) is 3.34. The van der Waals surface area contributed by atoms with Gasteiger partial charge in [0.25, 0.3) is 5.91 Å². The second-order valence-electron chi connectivity index (χ2n) is 6.70. The van der Waals surface area contributed by atoms with E-state index in [9.17, 15) is 14.7 Å². The minimum absolute atomic E-state index is 0.0772. The van der Waals surface area contributed by atoms with Gasteiger partial charge < -0.3 is 15.2 Å². The van der Waals surface area contributed by atoms with Crippen molar-refractivity contribution in [2.24, 2.45) is 5.41 Å². The molecule has 1 saturated heterocycles. The van der Waals surface area contributed by atoms with Crippen molar-refractivity contribution in [2.75, 3.05) is 19.8 Å². The summed E-state index contributed by atoms with van der Waals surface area (Å²) in [5.41, 5.74) is 0.148. The molecule has 0 unspecified atom stereocenters. The number of carboxylic acids is 1. The lowest BCUT2D eigenvalue weighted by Gasteiger charge is -2.33. The molecule has 25 heavy (non-hydrogen) atoms. The fourth-order valence-corrected chi connectivity index (χ4v) is 3.02. The van der Waals surface area contributed by atoms with Crippen LogP contribution in [0.5, 0.6) is 0 Å². The number of amides is 1. The van der Waals surface area contributed by atoms with Gasteiger partial charge >= 0.3 is 5.97 Å². The summed E-state index contributed by atoms with van der Waals surface area (Å²) in [6.45, 7) is 4.88. The molecule has 134 valence electrons. The topological polar surface area (TPSA) is 106 Å². The maximum Gasteiger partial charge on any atom is 0.311 e. The average Bonchev–Trinajstić information content (AvgIpc) is 3.03. The summed E-state index contributed by atoms with van der Waals surface area (Å²) < 4.78 is 7.03. The summed E-state index contributed by atoms with van der Waals surface area (Å²) in [6, 6.07) is 1.90. The summed E-state index contributed by atoms with van der Waals surface area (Å²) in [7, 11) is 0. The van der Waals surface area contributed by atoms with E-state index in [1.54, 1.807) is 16.9 Å². The first-order valence-electron chi connectivity index (χ1n) is 8.35. The Morgan fingerprint density at radius 1 is 1.36 bits per heavy atom. The van der Waals surface area contributed by atoms with Gasteiger partial charge in [-0.25, -0.2) is 9.67 Å². The molecule has 1 amide bonds. The summed E-state index contributed by atoms with van der Waals surface area (Å²) in [4.78, 5) is 28.4. The van der Waals surface area contributed by atoms with E-state index < -0.39 is 11.4 Å². The van der Waals surface area contributed by atoms with Gasteiger partial charge in [0.05, 0.1) is 17.2 Å². The first-order valence-corrected chi connectivity index (χ1v) is 8.35. The van der Waals surface area contributed by atoms with E-state index in [4.69, 9.17) is 4.74 Å². The number of carboxylic acid groups (broad SMARTS) is 1. The number of pyridine rings is 1. The summed E-state index contributed by atoms with van der Waals surface area (Å²) in [5, 5.41) is 17.3. The molecule has 8 heteroatoms. The minimum Gasteiger partial charge on any atom is -0.481 e. The van der Waals surface area contributed by atoms with Crippen LogP contribution in [0.1, 0.15) is 43.1 Å². The molecule has 3 heterocycles. The van der Waals surface area contributed by atoms with Crippen molar-refractivity contribution in [1.82, 2.24) is 20.1 Å². The van der Waals surface area contributed by atoms with E-state index in [0.29, 0.717) is 31.6 Å². The summed E-state index contributed by atoms with van der Waals surface area (Å²) >= 11 is 0. The molecule has 1 fully saturated rings. The molecular formula is C17H22N4O4. The molecule has 0 aliphatic carbocycles. The predicted octanol–water partition coefficient (Wildman–Crippen LogP) is 1.62. The van der Waals surface area contributed by atoms with Gasteiger partial charge in [-0.15, -0.1) is 0 Å². The second-order valence-corrected chi connectivity index (χ2v) is 6.70. The van der Waals surface area contributed by atoms with E-state index in [0.717, 1.165) is 11.0 Å². The van der Waals surface area contributed by atoms with Crippen molar-refractivity contribution in [3.05, 3.63) is 24.0 Å². The molecular weight excluding hydrogens is 324 g/mol. The number of ether oxygens (including phenoxy) is 1. The average molecular weight is 346 g/mol. The van der Waals surface area contributed by atoms with Crippen LogP contribution >= 0.6 is 0 Å². The fraction of sp³-hybridized carbons (Fsp3) is 0.529. The lowest BCUT2D eigenvalue weighted by Crippen LogP contribution is -2.46. The zero-order chi connectivity index (χ0) is 18.0. The van der Waals surface area contributed by atoms with Crippen LogP contribution in [-0.2, 0) is 9.53 Å². The molecule has 0 atom stereocenters. The maximum absolute atomic E-state index is 12.4. The van der Waals surface area contributed by atoms with Gasteiger partial charge in [-0.2, -0.15) is 5.10 Å². The largest absolute Gasteiger partial charge is 0.481 e. The Morgan fingerprint density at radius 2 is 2.08 bits per heavy atom. The first kappa shape index (κ1) is 17.3. The van der Waals surface area contributed by atoms with Gasteiger partial charge in [0.15, 0.2) is 5.65 Å². The van der Waals surface area contributed by atoms with Crippen molar-refractivity contribution in [3.63, 3.8) is 0 Å². The van der Waals surface area contributed by atoms with Crippen LogP contribution in [0.25, 0.3) is 11.0 Å². The number of rotatable bonds is 5. The monoisotopic (exact) mass is 346 g/mol. The molecule has 0 bridgehead atoms. The number of fused-ring (bicyclic) bond motifs is 1. The quantitative estimate of drug-likeness (QED) is 0.852. The number of aliphatic carboxylic acids is 1. The number of hydrogen-bond donors (Lipinski definition) is 2. The number of nitrogens with zero attached hydrogens (tertiary/aromatic N) is 3. The Labute approximate surface area is 145 Å². The molecule has 3 rings (SSSR count). The summed E-state index contributed by atoms with van der Waals surface area (Å²) in [5.74, 6) is -1.23. The van der Waals surface area contributed by atoms with Crippen molar-refractivity contribution < 1.29 is 19.4 Å². The zero-order valence-electron chi connectivity index (χ0n) is 14.4. The van der Waals surface area contributed by atoms with Crippen LogP contribution in [0.15, 0.2) is 18.5 Å². The molecule has 2 aromatic heterocycles. The van der Waals surface area contributed by atoms with Crippen LogP contribution in [-0.4, -0.2) is 51.5 Å². The van der Waals surface area contributed by atoms with E-state index >= 15 is 0 Å². The molecule has 8 nitrogen and oxygen atoms in total. The Bertz CT molecular complexity index is 793. The highest BCUT2D eigenvalue weighted by molar-refractivity contribution is 5.97. The molecule has 1 aliphatic rings. The smallest absolute Gasteiger partial charge is 0.311 e. The molecule has 0 spiro atoms. The van der Waals surface area contributed by atoms with Crippen LogP contribution in [0, 0.1) is 5.41 Å². The van der Waals surface area contributed by atoms with E-state index in [-0.39, 0.29) is 18.5 Å². The third-order valence-electron chi connectivity index (χ3n) is 4.68. The molecule has 2 aromatic rings. The third-order valence-corrected chi connectivity index (χ3v) is 4.68. The second kappa shape index (κ2) is 6.79. The highest BCUT2D eigenvalue weighted by atomic mass is 16.5. The van der Waals surface area contributed by atoms with Gasteiger partial charge in [0.1, 0.15) is 0 Å². The van der Waals surface area contributed by atoms with Gasteiger partial charge in [0.2, 0.25) is 0 Å². The molecule has 0 radical (unpaired) electrons. The number of aromatic nitrogens is 3. The van der Waals surface area contributed by atoms with Gasteiger partial charge in [0, 0.05) is 37.4 Å². The molecule has 0 saturated carbocycles. The van der Waals surface area contributed by atoms with Crippen molar-refractivity contribution >= 4 is 22.9 Å². The van der Waals surface area contributed by atoms with Gasteiger partial charge in [-0.3, -0.25) is 9.59 Å². The molecule has 1 aliphatic heterocycles. The number of hydrogen-bond acceptors (Lipinski definition) is 5. The number of carbonyl (C=O) groups is 2. The highest BCUT2D eigenvalue weighted by Crippen LogP contribution is 2.30. The number of nitrogens with one attached hydrogen (secondary N) is 1. The molecule has 0 aromatic carbocycles. The van der Waals surface area contributed by atoms with Crippen LogP contribution in [0.2, 0.25) is 0 Å². The standard InChI is InChI=1S/C17H22N4O4/c1-11(2)21-14-12(9-20-21)7-13(8-18-14)15(22)19-10-17(16(23)24)3-5-25-6-4-17/h7-9,11H,3-6,10H2,1-2H3,(H,19,22)(H,23,24). The fourth-order valence-electron chi connectivity index (χ4n) is 3.02. The Kier molecular flexibility index (Phi) is 4.71.